The summed E-state index contributed by atoms with van der Waals surface area (Å²) in [5, 5.41) is 9.49. The number of aryl methyl sites for hydroxylation is 1. The van der Waals surface area contributed by atoms with Gasteiger partial charge in [-0.15, -0.1) is 0 Å². The molecule has 0 saturated heterocycles. The molecule has 1 aromatic rings. The van der Waals surface area contributed by atoms with Crippen LogP contribution in [0, 0.1) is 6.92 Å². The van der Waals surface area contributed by atoms with Crippen molar-refractivity contribution in [2.75, 3.05) is 0 Å². The molecule has 0 radical (unpaired) electrons. The van der Waals surface area contributed by atoms with Gasteiger partial charge in [0.15, 0.2) is 0 Å². The summed E-state index contributed by atoms with van der Waals surface area (Å²) in [7, 11) is 0. The SMILES string of the molecule is Cc1cccc(C(C)N)c1O. The number of hydrogen-bond donors (Lipinski definition) is 2. The maximum atomic E-state index is 9.49. The van der Waals surface area contributed by atoms with Crippen LogP contribution in [0.2, 0.25) is 0 Å². The van der Waals surface area contributed by atoms with E-state index in [4.69, 9.17) is 5.73 Å². The van der Waals surface area contributed by atoms with E-state index >= 15 is 0 Å². The van der Waals surface area contributed by atoms with Gasteiger partial charge >= 0.3 is 0 Å². The van der Waals surface area contributed by atoms with Crippen LogP contribution in [0.3, 0.4) is 0 Å². The number of benzene rings is 1. The third kappa shape index (κ3) is 1.52. The van der Waals surface area contributed by atoms with E-state index in [2.05, 4.69) is 0 Å². The Labute approximate surface area is 66.7 Å². The molecule has 0 bridgehead atoms. The number of para-hydroxylation sites is 1. The second-order valence-electron chi connectivity index (χ2n) is 2.80. The molecule has 0 aliphatic rings. The molecule has 3 N–H and O–H groups in total. The maximum Gasteiger partial charge on any atom is 0.123 e. The van der Waals surface area contributed by atoms with E-state index < -0.39 is 0 Å². The minimum Gasteiger partial charge on any atom is -0.507 e. The van der Waals surface area contributed by atoms with Gasteiger partial charge in [0.2, 0.25) is 0 Å². The van der Waals surface area contributed by atoms with Crippen LogP contribution in [0.4, 0.5) is 0 Å². The van der Waals surface area contributed by atoms with Gasteiger partial charge in [-0.05, 0) is 19.4 Å². The fraction of sp³-hybridized carbons (Fsp3) is 0.333. The Morgan fingerprint density at radius 3 is 2.55 bits per heavy atom. The molecule has 0 amide bonds. The molecule has 1 rings (SSSR count). The van der Waals surface area contributed by atoms with Crippen LogP contribution in [0.25, 0.3) is 0 Å². The van der Waals surface area contributed by atoms with Gasteiger partial charge < -0.3 is 10.8 Å². The summed E-state index contributed by atoms with van der Waals surface area (Å²) in [4.78, 5) is 0. The fourth-order valence-electron chi connectivity index (χ4n) is 1.05. The van der Waals surface area contributed by atoms with Crippen molar-refractivity contribution >= 4 is 0 Å². The Balaban J connectivity index is 3.17. The maximum absolute atomic E-state index is 9.49. The molecule has 0 aromatic heterocycles. The van der Waals surface area contributed by atoms with Crippen LogP contribution >= 0.6 is 0 Å². The second-order valence-corrected chi connectivity index (χ2v) is 2.80. The third-order valence-electron chi connectivity index (χ3n) is 1.76. The number of nitrogens with two attached hydrogens (primary N) is 1. The predicted octanol–water partition coefficient (Wildman–Crippen LogP) is 1.72. The van der Waals surface area contributed by atoms with Gasteiger partial charge in [0, 0.05) is 11.6 Å². The molecule has 2 heteroatoms. The summed E-state index contributed by atoms with van der Waals surface area (Å²) < 4.78 is 0. The van der Waals surface area contributed by atoms with Gasteiger partial charge in [-0.1, -0.05) is 18.2 Å². The number of hydrogen-bond acceptors (Lipinski definition) is 2. The van der Waals surface area contributed by atoms with E-state index in [0.29, 0.717) is 5.75 Å². The lowest BCUT2D eigenvalue weighted by Gasteiger charge is -2.09. The quantitative estimate of drug-likeness (QED) is 0.642. The van der Waals surface area contributed by atoms with Gasteiger partial charge in [0.1, 0.15) is 5.75 Å². The average molecular weight is 151 g/mol. The van der Waals surface area contributed by atoms with Gasteiger partial charge in [-0.25, -0.2) is 0 Å². The van der Waals surface area contributed by atoms with Crippen molar-refractivity contribution < 1.29 is 5.11 Å². The Morgan fingerprint density at radius 1 is 1.45 bits per heavy atom. The molecule has 0 aliphatic carbocycles. The molecule has 0 fully saturated rings. The number of phenolic OH excluding ortho intramolecular Hbond substituents is 1. The molecule has 11 heavy (non-hydrogen) atoms. The molecule has 0 saturated carbocycles. The van der Waals surface area contributed by atoms with E-state index in [1.165, 1.54) is 0 Å². The van der Waals surface area contributed by atoms with E-state index in [0.717, 1.165) is 11.1 Å². The minimum absolute atomic E-state index is 0.102. The smallest absolute Gasteiger partial charge is 0.123 e. The lowest BCUT2D eigenvalue weighted by Crippen LogP contribution is -2.05. The molecule has 1 unspecified atom stereocenters. The van der Waals surface area contributed by atoms with Crippen molar-refractivity contribution in [3.63, 3.8) is 0 Å². The third-order valence-corrected chi connectivity index (χ3v) is 1.76. The molecule has 1 aromatic carbocycles. The van der Waals surface area contributed by atoms with Crippen LogP contribution in [-0.2, 0) is 0 Å². The monoisotopic (exact) mass is 151 g/mol. The van der Waals surface area contributed by atoms with Crippen LogP contribution in [0.15, 0.2) is 18.2 Å². The Kier molecular flexibility index (Phi) is 2.15. The first-order valence-corrected chi connectivity index (χ1v) is 3.67. The van der Waals surface area contributed by atoms with Crippen molar-refractivity contribution in [2.45, 2.75) is 19.9 Å². The number of rotatable bonds is 1. The summed E-state index contributed by atoms with van der Waals surface area (Å²) in [5.74, 6) is 0.322. The van der Waals surface area contributed by atoms with Gasteiger partial charge in [-0.3, -0.25) is 0 Å². The highest BCUT2D eigenvalue weighted by Gasteiger charge is 2.06. The summed E-state index contributed by atoms with van der Waals surface area (Å²) >= 11 is 0. The second kappa shape index (κ2) is 2.93. The zero-order valence-electron chi connectivity index (χ0n) is 6.83. The van der Waals surface area contributed by atoms with Crippen molar-refractivity contribution in [1.82, 2.24) is 0 Å². The van der Waals surface area contributed by atoms with Crippen LogP contribution < -0.4 is 5.73 Å². The molecular weight excluding hydrogens is 138 g/mol. The first-order valence-electron chi connectivity index (χ1n) is 3.67. The van der Waals surface area contributed by atoms with Gasteiger partial charge in [0.25, 0.3) is 0 Å². The first kappa shape index (κ1) is 8.08. The highest BCUT2D eigenvalue weighted by molar-refractivity contribution is 5.40. The average Bonchev–Trinajstić information content (AvgIpc) is 1.94. The molecular formula is C9H13NO. The standard InChI is InChI=1S/C9H13NO/c1-6-4-3-5-8(7(2)10)9(6)11/h3-5,7,11H,10H2,1-2H3. The lowest BCUT2D eigenvalue weighted by atomic mass is 10.1. The van der Waals surface area contributed by atoms with E-state index in [1.807, 2.05) is 32.0 Å². The summed E-state index contributed by atoms with van der Waals surface area (Å²) in [5.41, 5.74) is 7.31. The predicted molar refractivity (Wildman–Crippen MR) is 45.4 cm³/mol. The van der Waals surface area contributed by atoms with Gasteiger partial charge in [-0.2, -0.15) is 0 Å². The zero-order chi connectivity index (χ0) is 8.43. The lowest BCUT2D eigenvalue weighted by molar-refractivity contribution is 0.459. The van der Waals surface area contributed by atoms with E-state index in [9.17, 15) is 5.11 Å². The fourth-order valence-corrected chi connectivity index (χ4v) is 1.05. The summed E-state index contributed by atoms with van der Waals surface area (Å²) in [6, 6.07) is 5.50. The number of phenols is 1. The highest BCUT2D eigenvalue weighted by Crippen LogP contribution is 2.25. The molecule has 0 spiro atoms. The Hall–Kier alpha value is -1.02. The van der Waals surface area contributed by atoms with Crippen LogP contribution in [-0.4, -0.2) is 5.11 Å². The molecule has 0 heterocycles. The molecule has 1 atom stereocenters. The Morgan fingerprint density at radius 2 is 2.09 bits per heavy atom. The first-order chi connectivity index (χ1) is 5.13. The normalized spacial score (nSPS) is 13.0. The minimum atomic E-state index is -0.102. The van der Waals surface area contributed by atoms with Crippen molar-refractivity contribution in [2.24, 2.45) is 5.73 Å². The largest absolute Gasteiger partial charge is 0.507 e. The van der Waals surface area contributed by atoms with Crippen LogP contribution in [0.5, 0.6) is 5.75 Å². The van der Waals surface area contributed by atoms with E-state index in [-0.39, 0.29) is 6.04 Å². The molecule has 2 nitrogen and oxygen atoms in total. The summed E-state index contributed by atoms with van der Waals surface area (Å²) in [6.07, 6.45) is 0. The Bertz CT molecular complexity index is 256. The zero-order valence-corrected chi connectivity index (χ0v) is 6.83. The van der Waals surface area contributed by atoms with Crippen molar-refractivity contribution in [3.05, 3.63) is 29.3 Å². The van der Waals surface area contributed by atoms with Crippen LogP contribution in [0.1, 0.15) is 24.1 Å². The van der Waals surface area contributed by atoms with E-state index in [1.54, 1.807) is 0 Å². The van der Waals surface area contributed by atoms with Crippen molar-refractivity contribution in [1.29, 1.82) is 0 Å². The van der Waals surface area contributed by atoms with Crippen molar-refractivity contribution in [3.8, 4) is 5.75 Å². The van der Waals surface area contributed by atoms with Gasteiger partial charge in [0.05, 0.1) is 0 Å². The molecule has 0 aliphatic heterocycles. The highest BCUT2D eigenvalue weighted by atomic mass is 16.3. The topological polar surface area (TPSA) is 46.2 Å². The number of aromatic hydroxyl groups is 1. The molecule has 60 valence electrons. The summed E-state index contributed by atoms with van der Waals surface area (Å²) in [6.45, 7) is 3.72.